The highest BCUT2D eigenvalue weighted by Gasteiger charge is 2.05. The second kappa shape index (κ2) is 3.36. The first-order valence-electron chi connectivity index (χ1n) is 3.17. The number of rotatable bonds is 2. The highest BCUT2D eigenvalue weighted by Crippen LogP contribution is 2.20. The summed E-state index contributed by atoms with van der Waals surface area (Å²) in [7, 11) is 0. The molecule has 0 aliphatic carbocycles. The van der Waals surface area contributed by atoms with Crippen molar-refractivity contribution >= 4 is 28.9 Å². The summed E-state index contributed by atoms with van der Waals surface area (Å²) < 4.78 is 0. The zero-order valence-corrected chi connectivity index (χ0v) is 7.10. The van der Waals surface area contributed by atoms with Crippen molar-refractivity contribution in [2.75, 3.05) is 5.32 Å². The molecule has 0 bridgehead atoms. The number of anilines is 1. The van der Waals surface area contributed by atoms with Crippen molar-refractivity contribution in [3.8, 4) is 0 Å². The average molecular weight is 184 g/mol. The normalized spacial score (nSPS) is 9.42. The van der Waals surface area contributed by atoms with E-state index in [1.54, 1.807) is 5.38 Å². The zero-order valence-electron chi connectivity index (χ0n) is 6.29. The van der Waals surface area contributed by atoms with E-state index in [9.17, 15) is 14.7 Å². The number of hydrogen-bond acceptors (Lipinski definition) is 4. The van der Waals surface area contributed by atoms with Gasteiger partial charge in [0.05, 0.1) is 16.5 Å². The van der Waals surface area contributed by atoms with E-state index in [0.717, 1.165) is 11.3 Å². The number of amides is 1. The molecule has 0 radical (unpaired) electrons. The molecule has 0 saturated heterocycles. The Morgan fingerprint density at radius 2 is 2.25 bits per heavy atom. The van der Waals surface area contributed by atoms with Crippen LogP contribution in [-0.4, -0.2) is 11.9 Å². The fraction of sp³-hybridized carbons (Fsp3) is 0.143. The predicted molar refractivity (Wildman–Crippen MR) is 43.0 cm³/mol. The molecule has 1 aromatic rings. The number of carbonyl (C=O) groups excluding carboxylic acids is 2. The third kappa shape index (κ3) is 1.82. The number of hydrogen-bond donors (Lipinski definition) is 1. The summed E-state index contributed by atoms with van der Waals surface area (Å²) in [6, 6.07) is 1.52. The Kier molecular flexibility index (Phi) is 2.44. The predicted octanol–water partition coefficient (Wildman–Crippen LogP) is 0.0700. The number of carbonyl (C=O) groups is 2. The lowest BCUT2D eigenvalue weighted by Gasteiger charge is -2.03. The second-order valence-corrected chi connectivity index (χ2v) is 3.05. The Morgan fingerprint density at radius 1 is 1.58 bits per heavy atom. The molecule has 1 amide bonds. The molecule has 0 atom stereocenters. The fourth-order valence-corrected chi connectivity index (χ4v) is 1.44. The molecule has 64 valence electrons. The lowest BCUT2D eigenvalue weighted by molar-refractivity contribution is -0.254. The van der Waals surface area contributed by atoms with E-state index < -0.39 is 5.97 Å². The van der Waals surface area contributed by atoms with Gasteiger partial charge in [0.15, 0.2) is 0 Å². The Labute approximate surface area is 72.8 Å². The van der Waals surface area contributed by atoms with Crippen molar-refractivity contribution in [1.29, 1.82) is 0 Å². The van der Waals surface area contributed by atoms with E-state index in [1.165, 1.54) is 13.0 Å². The maximum Gasteiger partial charge on any atom is 0.221 e. The minimum Gasteiger partial charge on any atom is -0.544 e. The standard InChI is InChI=1S/C7H7NO3S/c1-4(9)8-5-2-3-12-6(5)7(10)11/h2-3H,1H3,(H,8,9)(H,10,11)/p-1. The van der Waals surface area contributed by atoms with Gasteiger partial charge in [0.25, 0.3) is 0 Å². The van der Waals surface area contributed by atoms with Gasteiger partial charge in [0.1, 0.15) is 0 Å². The van der Waals surface area contributed by atoms with Crippen molar-refractivity contribution in [2.45, 2.75) is 6.92 Å². The van der Waals surface area contributed by atoms with Gasteiger partial charge in [-0.1, -0.05) is 0 Å². The van der Waals surface area contributed by atoms with Gasteiger partial charge in [-0.05, 0) is 11.4 Å². The van der Waals surface area contributed by atoms with Crippen LogP contribution in [0.5, 0.6) is 0 Å². The van der Waals surface area contributed by atoms with Crippen LogP contribution in [0.15, 0.2) is 11.4 Å². The van der Waals surface area contributed by atoms with Gasteiger partial charge < -0.3 is 15.2 Å². The molecule has 5 heteroatoms. The van der Waals surface area contributed by atoms with Crippen molar-refractivity contribution in [3.05, 3.63) is 16.3 Å². The monoisotopic (exact) mass is 184 g/mol. The van der Waals surface area contributed by atoms with Crippen LogP contribution in [0.2, 0.25) is 0 Å². The van der Waals surface area contributed by atoms with Gasteiger partial charge >= 0.3 is 0 Å². The lowest BCUT2D eigenvalue weighted by atomic mass is 10.4. The topological polar surface area (TPSA) is 69.2 Å². The van der Waals surface area contributed by atoms with Gasteiger partial charge in [-0.25, -0.2) is 0 Å². The Balaban J connectivity index is 2.91. The molecule has 0 aliphatic rings. The quantitative estimate of drug-likeness (QED) is 0.707. The third-order valence-electron chi connectivity index (χ3n) is 1.16. The summed E-state index contributed by atoms with van der Waals surface area (Å²) in [6.07, 6.45) is 0. The number of aromatic carboxylic acids is 1. The molecule has 0 fully saturated rings. The molecule has 0 spiro atoms. The van der Waals surface area contributed by atoms with Crippen LogP contribution in [0.3, 0.4) is 0 Å². The molecule has 0 saturated carbocycles. The third-order valence-corrected chi connectivity index (χ3v) is 2.06. The Bertz CT molecular complexity index is 318. The van der Waals surface area contributed by atoms with E-state index in [4.69, 9.17) is 0 Å². The zero-order chi connectivity index (χ0) is 9.14. The molecule has 1 aromatic heterocycles. The van der Waals surface area contributed by atoms with E-state index in [0.29, 0.717) is 5.69 Å². The van der Waals surface area contributed by atoms with Crippen molar-refractivity contribution in [3.63, 3.8) is 0 Å². The molecule has 0 aliphatic heterocycles. The smallest absolute Gasteiger partial charge is 0.221 e. The maximum atomic E-state index is 10.6. The van der Waals surface area contributed by atoms with E-state index in [1.807, 2.05) is 0 Å². The summed E-state index contributed by atoms with van der Waals surface area (Å²) in [5.41, 5.74) is 0.299. The molecule has 1 N–H and O–H groups in total. The van der Waals surface area contributed by atoms with Crippen LogP contribution in [0.4, 0.5) is 5.69 Å². The van der Waals surface area contributed by atoms with Crippen LogP contribution in [-0.2, 0) is 4.79 Å². The summed E-state index contributed by atoms with van der Waals surface area (Å²) in [5, 5.41) is 14.4. The van der Waals surface area contributed by atoms with Crippen LogP contribution in [0, 0.1) is 0 Å². The van der Waals surface area contributed by atoms with Gasteiger partial charge in [0, 0.05) is 6.92 Å². The van der Waals surface area contributed by atoms with E-state index >= 15 is 0 Å². The van der Waals surface area contributed by atoms with Crippen molar-refractivity contribution in [2.24, 2.45) is 0 Å². The molecule has 1 rings (SSSR count). The molecule has 12 heavy (non-hydrogen) atoms. The first-order valence-corrected chi connectivity index (χ1v) is 4.05. The first kappa shape index (κ1) is 8.73. The number of nitrogens with one attached hydrogen (secondary N) is 1. The van der Waals surface area contributed by atoms with Gasteiger partial charge in [-0.2, -0.15) is 0 Å². The number of carboxylic acid groups (broad SMARTS) is 1. The van der Waals surface area contributed by atoms with Crippen LogP contribution in [0.1, 0.15) is 16.6 Å². The van der Waals surface area contributed by atoms with Gasteiger partial charge in [0.2, 0.25) is 5.91 Å². The molecule has 4 nitrogen and oxygen atoms in total. The molecule has 0 aromatic carbocycles. The van der Waals surface area contributed by atoms with Crippen molar-refractivity contribution in [1.82, 2.24) is 0 Å². The van der Waals surface area contributed by atoms with Gasteiger partial charge in [-0.15, -0.1) is 11.3 Å². The Morgan fingerprint density at radius 3 is 2.75 bits per heavy atom. The molecular weight excluding hydrogens is 178 g/mol. The largest absolute Gasteiger partial charge is 0.544 e. The number of carboxylic acids is 1. The Hall–Kier alpha value is -1.36. The SMILES string of the molecule is CC(=O)Nc1ccsc1C(=O)[O-]. The summed E-state index contributed by atoms with van der Waals surface area (Å²) in [5.74, 6) is -1.57. The van der Waals surface area contributed by atoms with E-state index in [-0.39, 0.29) is 10.8 Å². The highest BCUT2D eigenvalue weighted by atomic mass is 32.1. The average Bonchev–Trinajstić information content (AvgIpc) is 2.33. The first-order chi connectivity index (χ1) is 5.61. The van der Waals surface area contributed by atoms with Crippen LogP contribution < -0.4 is 10.4 Å². The minimum absolute atomic E-state index is 0.0465. The second-order valence-electron chi connectivity index (χ2n) is 2.13. The summed E-state index contributed by atoms with van der Waals surface area (Å²) in [6.45, 7) is 1.32. The molecule has 1 heterocycles. The lowest BCUT2D eigenvalue weighted by Crippen LogP contribution is -2.22. The van der Waals surface area contributed by atoms with Crippen LogP contribution >= 0.6 is 11.3 Å². The minimum atomic E-state index is -1.27. The number of thiophene rings is 1. The van der Waals surface area contributed by atoms with E-state index in [2.05, 4.69) is 5.32 Å². The summed E-state index contributed by atoms with van der Waals surface area (Å²) in [4.78, 5) is 21.0. The maximum absolute atomic E-state index is 10.6. The molecular formula is C7H6NO3S-. The fourth-order valence-electron chi connectivity index (χ4n) is 0.755. The molecule has 0 unspecified atom stereocenters. The van der Waals surface area contributed by atoms with Gasteiger partial charge in [-0.3, -0.25) is 4.79 Å². The summed E-state index contributed by atoms with van der Waals surface area (Å²) >= 11 is 1.02. The highest BCUT2D eigenvalue weighted by molar-refractivity contribution is 7.12. The van der Waals surface area contributed by atoms with Crippen molar-refractivity contribution < 1.29 is 14.7 Å². The van der Waals surface area contributed by atoms with Crippen LogP contribution in [0.25, 0.3) is 0 Å².